The van der Waals surface area contributed by atoms with Gasteiger partial charge in [0.15, 0.2) is 5.65 Å². The van der Waals surface area contributed by atoms with Crippen LogP contribution in [-0.4, -0.2) is 63.0 Å². The van der Waals surface area contributed by atoms with Crippen LogP contribution in [0, 0.1) is 25.2 Å². The van der Waals surface area contributed by atoms with Gasteiger partial charge in [-0.2, -0.15) is 10.4 Å². The summed E-state index contributed by atoms with van der Waals surface area (Å²) in [6, 6.07) is 2.36. The number of amides is 1. The van der Waals surface area contributed by atoms with Gasteiger partial charge in [0.05, 0.1) is 6.20 Å². The van der Waals surface area contributed by atoms with Gasteiger partial charge in [-0.05, 0) is 39.8 Å². The minimum Gasteiger partial charge on any atom is -0.337 e. The minimum atomic E-state index is 0.192. The highest BCUT2D eigenvalue weighted by molar-refractivity contribution is 5.77. The van der Waals surface area contributed by atoms with Crippen LogP contribution in [0.15, 0.2) is 6.20 Å². The van der Waals surface area contributed by atoms with Gasteiger partial charge in [0.1, 0.15) is 11.6 Å². The molecule has 1 atom stereocenters. The number of carbonyl (C=O) groups is 1. The van der Waals surface area contributed by atoms with Gasteiger partial charge in [0.25, 0.3) is 0 Å². The maximum Gasteiger partial charge on any atom is 0.223 e. The first-order chi connectivity index (χ1) is 11.9. The Labute approximate surface area is 147 Å². The smallest absolute Gasteiger partial charge is 0.223 e. The van der Waals surface area contributed by atoms with Crippen LogP contribution in [0.2, 0.25) is 0 Å². The second kappa shape index (κ2) is 6.81. The molecule has 2 aromatic rings. The molecule has 0 saturated carbocycles. The molecule has 1 saturated heterocycles. The topological polar surface area (TPSA) is 77.5 Å². The van der Waals surface area contributed by atoms with Crippen molar-refractivity contribution in [1.29, 1.82) is 5.26 Å². The molecule has 1 fully saturated rings. The Morgan fingerprint density at radius 3 is 2.84 bits per heavy atom. The monoisotopic (exact) mass is 340 g/mol. The number of rotatable bonds is 3. The van der Waals surface area contributed by atoms with Crippen LogP contribution in [0.1, 0.15) is 35.9 Å². The van der Waals surface area contributed by atoms with Crippen molar-refractivity contribution in [2.75, 3.05) is 26.7 Å². The summed E-state index contributed by atoms with van der Waals surface area (Å²) in [4.78, 5) is 21.4. The summed E-state index contributed by atoms with van der Waals surface area (Å²) in [5.41, 5.74) is 3.90. The third kappa shape index (κ3) is 3.22. The van der Waals surface area contributed by atoms with Crippen LogP contribution in [0.4, 0.5) is 0 Å². The zero-order chi connectivity index (χ0) is 18.1. The van der Waals surface area contributed by atoms with E-state index in [0.29, 0.717) is 24.1 Å². The predicted molar refractivity (Wildman–Crippen MR) is 94.2 cm³/mol. The Hall–Kier alpha value is -2.46. The molecular weight excluding hydrogens is 316 g/mol. The quantitative estimate of drug-likeness (QED) is 0.842. The average molecular weight is 340 g/mol. The van der Waals surface area contributed by atoms with Crippen molar-refractivity contribution >= 4 is 11.6 Å². The van der Waals surface area contributed by atoms with E-state index in [-0.39, 0.29) is 11.9 Å². The second-order valence-electron chi connectivity index (χ2n) is 6.87. The predicted octanol–water partition coefficient (Wildman–Crippen LogP) is 1.31. The van der Waals surface area contributed by atoms with Gasteiger partial charge in [0.2, 0.25) is 5.91 Å². The lowest BCUT2D eigenvalue weighted by atomic mass is 10.0. The number of likely N-dealkylation sites (N-methyl/N-ethyl adjacent to an activating group) is 1. The molecule has 1 aliphatic heterocycles. The van der Waals surface area contributed by atoms with Gasteiger partial charge in [-0.15, -0.1) is 0 Å². The third-order valence-electron chi connectivity index (χ3n) is 5.07. The molecule has 7 nitrogen and oxygen atoms in total. The maximum absolute atomic E-state index is 12.6. The summed E-state index contributed by atoms with van der Waals surface area (Å²) in [6.45, 7) is 8.63. The highest BCUT2D eigenvalue weighted by Crippen LogP contribution is 2.19. The number of aryl methyl sites for hydroxylation is 2. The number of hydrogen-bond acceptors (Lipinski definition) is 5. The lowest BCUT2D eigenvalue weighted by Gasteiger charge is -2.38. The minimum absolute atomic E-state index is 0.192. The van der Waals surface area contributed by atoms with Gasteiger partial charge in [-0.3, -0.25) is 4.79 Å². The number of piperazine rings is 1. The molecule has 0 bridgehead atoms. The molecule has 7 heteroatoms. The number of carbonyl (C=O) groups excluding carboxylic acids is 1. The SMILES string of the molecule is Cc1nc2c(C#N)cnn2c(C)c1CCC(=O)N1CCN(C)C[C@H]1C. The van der Waals surface area contributed by atoms with E-state index in [2.05, 4.69) is 35.0 Å². The maximum atomic E-state index is 12.6. The normalized spacial score (nSPS) is 18.5. The van der Waals surface area contributed by atoms with Crippen molar-refractivity contribution in [2.45, 2.75) is 39.7 Å². The molecule has 3 rings (SSSR count). The van der Waals surface area contributed by atoms with E-state index in [0.717, 1.165) is 36.6 Å². The zero-order valence-electron chi connectivity index (χ0n) is 15.3. The summed E-state index contributed by atoms with van der Waals surface area (Å²) in [5, 5.41) is 13.4. The number of aromatic nitrogens is 3. The first kappa shape index (κ1) is 17.4. The fraction of sp³-hybridized carbons (Fsp3) is 0.556. The number of fused-ring (bicyclic) bond motifs is 1. The van der Waals surface area contributed by atoms with Gasteiger partial charge in [-0.25, -0.2) is 9.50 Å². The van der Waals surface area contributed by atoms with Crippen LogP contribution >= 0.6 is 0 Å². The first-order valence-electron chi connectivity index (χ1n) is 8.64. The van der Waals surface area contributed by atoms with Crippen molar-refractivity contribution in [3.05, 3.63) is 28.7 Å². The van der Waals surface area contributed by atoms with Gasteiger partial charge in [-0.1, -0.05) is 0 Å². The molecule has 132 valence electrons. The summed E-state index contributed by atoms with van der Waals surface area (Å²) >= 11 is 0. The average Bonchev–Trinajstić information content (AvgIpc) is 2.97. The molecule has 25 heavy (non-hydrogen) atoms. The molecule has 1 aliphatic rings. The Morgan fingerprint density at radius 1 is 1.40 bits per heavy atom. The van der Waals surface area contributed by atoms with Crippen molar-refractivity contribution in [3.8, 4) is 6.07 Å². The van der Waals surface area contributed by atoms with E-state index in [1.807, 2.05) is 18.7 Å². The van der Waals surface area contributed by atoms with Crippen molar-refractivity contribution < 1.29 is 4.79 Å². The number of nitriles is 1. The molecular formula is C18H24N6O. The molecule has 1 amide bonds. The molecule has 0 aromatic carbocycles. The summed E-state index contributed by atoms with van der Waals surface area (Å²) < 4.78 is 1.70. The lowest BCUT2D eigenvalue weighted by Crippen LogP contribution is -2.52. The van der Waals surface area contributed by atoms with E-state index in [4.69, 9.17) is 5.26 Å². The van der Waals surface area contributed by atoms with Crippen molar-refractivity contribution in [3.63, 3.8) is 0 Å². The van der Waals surface area contributed by atoms with Crippen LogP contribution in [0.5, 0.6) is 0 Å². The first-order valence-corrected chi connectivity index (χ1v) is 8.64. The van der Waals surface area contributed by atoms with Crippen molar-refractivity contribution in [2.24, 2.45) is 0 Å². The van der Waals surface area contributed by atoms with E-state index in [1.54, 1.807) is 4.52 Å². The van der Waals surface area contributed by atoms with E-state index < -0.39 is 0 Å². The summed E-state index contributed by atoms with van der Waals surface area (Å²) in [7, 11) is 2.09. The van der Waals surface area contributed by atoms with E-state index in [9.17, 15) is 4.79 Å². The molecule has 2 aromatic heterocycles. The highest BCUT2D eigenvalue weighted by Gasteiger charge is 2.25. The third-order valence-corrected chi connectivity index (χ3v) is 5.07. The number of nitrogens with zero attached hydrogens (tertiary/aromatic N) is 6. The molecule has 0 unspecified atom stereocenters. The van der Waals surface area contributed by atoms with Gasteiger partial charge >= 0.3 is 0 Å². The molecule has 0 N–H and O–H groups in total. The van der Waals surface area contributed by atoms with E-state index >= 15 is 0 Å². The fourth-order valence-electron chi connectivity index (χ4n) is 3.64. The lowest BCUT2D eigenvalue weighted by molar-refractivity contribution is -0.135. The molecule has 0 spiro atoms. The Morgan fingerprint density at radius 2 is 2.16 bits per heavy atom. The zero-order valence-corrected chi connectivity index (χ0v) is 15.3. The highest BCUT2D eigenvalue weighted by atomic mass is 16.2. The van der Waals surface area contributed by atoms with E-state index in [1.165, 1.54) is 6.20 Å². The van der Waals surface area contributed by atoms with Crippen LogP contribution in [0.3, 0.4) is 0 Å². The second-order valence-corrected chi connectivity index (χ2v) is 6.87. The molecule has 0 aliphatic carbocycles. The molecule has 3 heterocycles. The van der Waals surface area contributed by atoms with Crippen LogP contribution in [-0.2, 0) is 11.2 Å². The summed E-state index contributed by atoms with van der Waals surface area (Å²) in [6.07, 6.45) is 2.64. The fourth-order valence-corrected chi connectivity index (χ4v) is 3.64. The van der Waals surface area contributed by atoms with Crippen LogP contribution < -0.4 is 0 Å². The number of hydrogen-bond donors (Lipinski definition) is 0. The largest absolute Gasteiger partial charge is 0.337 e. The Kier molecular flexibility index (Phi) is 4.73. The standard InChI is InChI=1S/C18H24N6O/c1-12-11-22(4)7-8-23(12)17(25)6-5-16-13(2)21-18-15(9-19)10-20-24(18)14(16)3/h10,12H,5-8,11H2,1-4H3/t12-/m1/s1. The Bertz CT molecular complexity index is 849. The Balaban J connectivity index is 1.77. The van der Waals surface area contributed by atoms with Crippen molar-refractivity contribution in [1.82, 2.24) is 24.4 Å². The van der Waals surface area contributed by atoms with Gasteiger partial charge < -0.3 is 9.80 Å². The van der Waals surface area contributed by atoms with Gasteiger partial charge in [0, 0.05) is 43.5 Å². The molecule has 0 radical (unpaired) electrons. The van der Waals surface area contributed by atoms with Crippen LogP contribution in [0.25, 0.3) is 5.65 Å². The summed E-state index contributed by atoms with van der Waals surface area (Å²) in [5.74, 6) is 0.192.